The molecule has 0 aliphatic heterocycles. The Bertz CT molecular complexity index is 440. The molecule has 0 heterocycles. The van der Waals surface area contributed by atoms with Gasteiger partial charge >= 0.3 is 5.97 Å². The fraction of sp³-hybridized carbons (Fsp3) is 0.818. The van der Waals surface area contributed by atoms with Crippen LogP contribution in [0.25, 0.3) is 0 Å². The van der Waals surface area contributed by atoms with E-state index in [0.29, 0.717) is 0 Å². The number of carboxylic acids is 1. The maximum absolute atomic E-state index is 11.9. The molecule has 19 heavy (non-hydrogen) atoms. The summed E-state index contributed by atoms with van der Waals surface area (Å²) in [6.45, 7) is 3.95. The summed E-state index contributed by atoms with van der Waals surface area (Å²) < 4.78 is 24.9. The van der Waals surface area contributed by atoms with E-state index in [2.05, 4.69) is 5.32 Å². The molecule has 1 saturated carbocycles. The predicted octanol–water partition coefficient (Wildman–Crippen LogP) is -0.363. The zero-order chi connectivity index (χ0) is 14.6. The lowest BCUT2D eigenvalue weighted by Crippen LogP contribution is -2.46. The number of hydrogen-bond acceptors (Lipinski definition) is 4. The van der Waals surface area contributed by atoms with Gasteiger partial charge in [0.2, 0.25) is 15.9 Å². The summed E-state index contributed by atoms with van der Waals surface area (Å²) in [7, 11) is -3.67. The average Bonchev–Trinajstić information content (AvgIpc) is 3.09. The monoisotopic (exact) mass is 292 g/mol. The molecule has 1 amide bonds. The molecular weight excluding hydrogens is 272 g/mol. The van der Waals surface area contributed by atoms with Gasteiger partial charge in [0.15, 0.2) is 0 Å². The number of nitrogens with one attached hydrogen (secondary N) is 1. The van der Waals surface area contributed by atoms with Gasteiger partial charge in [0.25, 0.3) is 0 Å². The molecule has 7 nitrogen and oxygen atoms in total. The highest BCUT2D eigenvalue weighted by atomic mass is 32.2. The second kappa shape index (κ2) is 6.33. The molecule has 1 aliphatic rings. The third-order valence-corrected chi connectivity index (χ3v) is 5.02. The normalized spacial score (nSPS) is 17.2. The highest BCUT2D eigenvalue weighted by Crippen LogP contribution is 2.32. The van der Waals surface area contributed by atoms with Crippen molar-refractivity contribution in [2.75, 3.05) is 18.8 Å². The highest BCUT2D eigenvalue weighted by molar-refractivity contribution is 7.89. The zero-order valence-corrected chi connectivity index (χ0v) is 11.9. The van der Waals surface area contributed by atoms with E-state index in [-0.39, 0.29) is 19.0 Å². The van der Waals surface area contributed by atoms with Gasteiger partial charge in [-0.05, 0) is 18.8 Å². The number of carbonyl (C=O) groups is 2. The Hall–Kier alpha value is -1.15. The first-order valence-electron chi connectivity index (χ1n) is 6.31. The van der Waals surface area contributed by atoms with Crippen LogP contribution in [0, 0.1) is 5.92 Å². The smallest absolute Gasteiger partial charge is 0.326 e. The van der Waals surface area contributed by atoms with Gasteiger partial charge in [-0.3, -0.25) is 4.79 Å². The molecular formula is C11H20N2O5S. The van der Waals surface area contributed by atoms with Crippen molar-refractivity contribution in [2.45, 2.75) is 32.7 Å². The molecule has 110 valence electrons. The van der Waals surface area contributed by atoms with Crippen molar-refractivity contribution < 1.29 is 23.1 Å². The zero-order valence-electron chi connectivity index (χ0n) is 11.1. The summed E-state index contributed by atoms with van der Waals surface area (Å²) in [5.74, 6) is -2.65. The lowest BCUT2D eigenvalue weighted by atomic mass is 10.2. The van der Waals surface area contributed by atoms with Crippen LogP contribution >= 0.6 is 0 Å². The standard InChI is InChI=1S/C11H20N2O5S/c1-3-13(4-2)19(17,18)7-9(14)12-10(11(15)16)8-5-6-8/h8,10H,3-7H2,1-2H3,(H,12,14)(H,15,16). The number of sulfonamides is 1. The van der Waals surface area contributed by atoms with Crippen molar-refractivity contribution >= 4 is 21.9 Å². The Morgan fingerprint density at radius 2 is 1.84 bits per heavy atom. The predicted molar refractivity (Wildman–Crippen MR) is 69.0 cm³/mol. The second-order valence-corrected chi connectivity index (χ2v) is 6.53. The fourth-order valence-electron chi connectivity index (χ4n) is 1.90. The third kappa shape index (κ3) is 4.46. The molecule has 0 radical (unpaired) electrons. The van der Waals surface area contributed by atoms with Crippen LogP contribution < -0.4 is 5.32 Å². The minimum atomic E-state index is -3.67. The van der Waals surface area contributed by atoms with E-state index < -0.39 is 33.7 Å². The van der Waals surface area contributed by atoms with Crippen molar-refractivity contribution in [1.29, 1.82) is 0 Å². The van der Waals surface area contributed by atoms with Crippen LogP contribution in [0.2, 0.25) is 0 Å². The number of hydrogen-bond donors (Lipinski definition) is 2. The molecule has 0 bridgehead atoms. The third-order valence-electron chi connectivity index (χ3n) is 3.09. The molecule has 0 aromatic rings. The molecule has 0 saturated heterocycles. The van der Waals surface area contributed by atoms with Gasteiger partial charge in [-0.15, -0.1) is 0 Å². The SMILES string of the molecule is CCN(CC)S(=O)(=O)CC(=O)NC(C(=O)O)C1CC1. The summed E-state index contributed by atoms with van der Waals surface area (Å²) in [5.41, 5.74) is 0. The van der Waals surface area contributed by atoms with E-state index >= 15 is 0 Å². The Morgan fingerprint density at radius 3 is 2.21 bits per heavy atom. The highest BCUT2D eigenvalue weighted by Gasteiger charge is 2.38. The topological polar surface area (TPSA) is 104 Å². The second-order valence-electron chi connectivity index (χ2n) is 4.56. The van der Waals surface area contributed by atoms with Crippen LogP contribution in [-0.4, -0.2) is 54.6 Å². The van der Waals surface area contributed by atoms with Gasteiger partial charge in [0.05, 0.1) is 0 Å². The first-order valence-corrected chi connectivity index (χ1v) is 7.92. The van der Waals surface area contributed by atoms with Crippen molar-refractivity contribution in [3.8, 4) is 0 Å². The van der Waals surface area contributed by atoms with E-state index in [0.717, 1.165) is 12.8 Å². The first-order chi connectivity index (χ1) is 8.81. The van der Waals surface area contributed by atoms with Crippen LogP contribution in [-0.2, 0) is 19.6 Å². The molecule has 0 aromatic heterocycles. The molecule has 1 atom stereocenters. The summed E-state index contributed by atoms with van der Waals surface area (Å²) in [6.07, 6.45) is 1.50. The van der Waals surface area contributed by atoms with Crippen molar-refractivity contribution in [3.05, 3.63) is 0 Å². The number of carboxylic acid groups (broad SMARTS) is 1. The maximum atomic E-state index is 11.9. The van der Waals surface area contributed by atoms with Gasteiger partial charge < -0.3 is 10.4 Å². The average molecular weight is 292 g/mol. The lowest BCUT2D eigenvalue weighted by Gasteiger charge is -2.19. The molecule has 1 fully saturated rings. The largest absolute Gasteiger partial charge is 0.480 e. The van der Waals surface area contributed by atoms with E-state index in [4.69, 9.17) is 5.11 Å². The van der Waals surface area contributed by atoms with E-state index in [1.165, 1.54) is 4.31 Å². The number of amides is 1. The fourth-order valence-corrected chi connectivity index (χ4v) is 3.28. The number of rotatable bonds is 8. The summed E-state index contributed by atoms with van der Waals surface area (Å²) in [5, 5.41) is 11.3. The summed E-state index contributed by atoms with van der Waals surface area (Å²) in [4.78, 5) is 22.6. The van der Waals surface area contributed by atoms with E-state index in [1.807, 2.05) is 0 Å². The van der Waals surface area contributed by atoms with Gasteiger partial charge in [-0.25, -0.2) is 17.5 Å². The van der Waals surface area contributed by atoms with E-state index in [9.17, 15) is 18.0 Å². The van der Waals surface area contributed by atoms with Crippen LogP contribution in [0.3, 0.4) is 0 Å². The van der Waals surface area contributed by atoms with Gasteiger partial charge in [0, 0.05) is 13.1 Å². The first kappa shape index (κ1) is 15.9. The molecule has 0 spiro atoms. The Balaban J connectivity index is 2.61. The Morgan fingerprint density at radius 1 is 1.32 bits per heavy atom. The number of carbonyl (C=O) groups excluding carboxylic acids is 1. The minimum Gasteiger partial charge on any atom is -0.480 e. The van der Waals surface area contributed by atoms with Crippen LogP contribution in [0.5, 0.6) is 0 Å². The van der Waals surface area contributed by atoms with Crippen molar-refractivity contribution in [2.24, 2.45) is 5.92 Å². The Kier molecular flexibility index (Phi) is 5.30. The van der Waals surface area contributed by atoms with Gasteiger partial charge in [-0.1, -0.05) is 13.8 Å². The van der Waals surface area contributed by atoms with E-state index in [1.54, 1.807) is 13.8 Å². The molecule has 1 rings (SSSR count). The maximum Gasteiger partial charge on any atom is 0.326 e. The summed E-state index contributed by atoms with van der Waals surface area (Å²) in [6, 6.07) is -0.973. The quantitative estimate of drug-likeness (QED) is 0.635. The Labute approximate surface area is 113 Å². The minimum absolute atomic E-state index is 0.0717. The van der Waals surface area contributed by atoms with Crippen LogP contribution in [0.4, 0.5) is 0 Å². The van der Waals surface area contributed by atoms with Crippen molar-refractivity contribution in [1.82, 2.24) is 9.62 Å². The molecule has 0 aromatic carbocycles. The number of nitrogens with zero attached hydrogens (tertiary/aromatic N) is 1. The van der Waals surface area contributed by atoms with Crippen LogP contribution in [0.15, 0.2) is 0 Å². The molecule has 1 unspecified atom stereocenters. The van der Waals surface area contributed by atoms with Gasteiger partial charge in [0.1, 0.15) is 11.8 Å². The molecule has 1 aliphatic carbocycles. The molecule has 8 heteroatoms. The molecule has 2 N–H and O–H groups in total. The van der Waals surface area contributed by atoms with Gasteiger partial charge in [-0.2, -0.15) is 0 Å². The van der Waals surface area contributed by atoms with Crippen molar-refractivity contribution in [3.63, 3.8) is 0 Å². The number of aliphatic carboxylic acids is 1. The lowest BCUT2D eigenvalue weighted by molar-refractivity contribution is -0.142. The van der Waals surface area contributed by atoms with Crippen LogP contribution in [0.1, 0.15) is 26.7 Å². The summed E-state index contributed by atoms with van der Waals surface area (Å²) >= 11 is 0.